The number of fused-ring (bicyclic) bond motifs is 2. The molecule has 25 heavy (non-hydrogen) atoms. The molecule has 6 nitrogen and oxygen atoms in total. The van der Waals surface area contributed by atoms with Crippen LogP contribution in [0.3, 0.4) is 0 Å². The van der Waals surface area contributed by atoms with Crippen LogP contribution in [0.4, 0.5) is 0 Å². The van der Waals surface area contributed by atoms with Crippen molar-refractivity contribution in [3.63, 3.8) is 0 Å². The van der Waals surface area contributed by atoms with Gasteiger partial charge in [0.1, 0.15) is 6.42 Å². The summed E-state index contributed by atoms with van der Waals surface area (Å²) in [6, 6.07) is 0.0188. The number of hydrogen-bond acceptors (Lipinski definition) is 5. The lowest BCUT2D eigenvalue weighted by atomic mass is 9.67. The zero-order valence-electron chi connectivity index (χ0n) is 16.1. The predicted octanol–water partition coefficient (Wildman–Crippen LogP) is 2.55. The molecule has 0 aromatic carbocycles. The van der Waals surface area contributed by atoms with E-state index in [4.69, 9.17) is 9.47 Å². The number of carbonyl (C=O) groups is 3. The van der Waals surface area contributed by atoms with Crippen LogP contribution in [0.25, 0.3) is 0 Å². The normalized spacial score (nSPS) is 29.3. The standard InChI is InChI=1S/C19H31NO5/c1-6-25-16(23)11-14(21)20(10-8-15(22)24-5)17-18(2,3)13-7-9-19(17,4)12-13/h13,17H,6-12H2,1-5H3/t13?,17-,19+/m1/s1. The average molecular weight is 353 g/mol. The molecular formula is C19H31NO5. The second-order valence-corrected chi connectivity index (χ2v) is 8.21. The molecule has 0 aromatic heterocycles. The zero-order chi connectivity index (χ0) is 18.8. The maximum absolute atomic E-state index is 12.9. The maximum Gasteiger partial charge on any atom is 0.315 e. The minimum Gasteiger partial charge on any atom is -0.469 e. The molecule has 2 bridgehead atoms. The summed E-state index contributed by atoms with van der Waals surface area (Å²) in [6.07, 6.45) is 3.21. The highest BCUT2D eigenvalue weighted by atomic mass is 16.5. The van der Waals surface area contributed by atoms with Gasteiger partial charge in [0.2, 0.25) is 5.91 Å². The summed E-state index contributed by atoms with van der Waals surface area (Å²) in [4.78, 5) is 38.1. The van der Waals surface area contributed by atoms with Gasteiger partial charge in [-0.25, -0.2) is 0 Å². The van der Waals surface area contributed by atoms with E-state index in [1.54, 1.807) is 11.8 Å². The quantitative estimate of drug-likeness (QED) is 0.519. The molecule has 0 spiro atoms. The molecule has 2 fully saturated rings. The molecule has 2 rings (SSSR count). The third-order valence-corrected chi connectivity index (χ3v) is 6.21. The lowest BCUT2D eigenvalue weighted by Crippen LogP contribution is -2.55. The number of hydrogen-bond donors (Lipinski definition) is 0. The summed E-state index contributed by atoms with van der Waals surface area (Å²) in [5.74, 6) is -0.547. The lowest BCUT2D eigenvalue weighted by Gasteiger charge is -2.49. The molecule has 1 amide bonds. The van der Waals surface area contributed by atoms with Crippen LogP contribution in [0.5, 0.6) is 0 Å². The smallest absolute Gasteiger partial charge is 0.315 e. The Kier molecular flexibility index (Phi) is 5.79. The van der Waals surface area contributed by atoms with E-state index in [1.165, 1.54) is 13.5 Å². The van der Waals surface area contributed by atoms with Gasteiger partial charge in [-0.1, -0.05) is 20.8 Å². The van der Waals surface area contributed by atoms with Crippen LogP contribution in [-0.4, -0.2) is 49.0 Å². The van der Waals surface area contributed by atoms with Crippen LogP contribution in [0.1, 0.15) is 59.8 Å². The van der Waals surface area contributed by atoms with E-state index in [2.05, 4.69) is 20.8 Å². The van der Waals surface area contributed by atoms with Gasteiger partial charge in [0.15, 0.2) is 0 Å². The van der Waals surface area contributed by atoms with Crippen molar-refractivity contribution < 1.29 is 23.9 Å². The monoisotopic (exact) mass is 353 g/mol. The van der Waals surface area contributed by atoms with Gasteiger partial charge in [-0.15, -0.1) is 0 Å². The van der Waals surface area contributed by atoms with Crippen molar-refractivity contribution in [2.75, 3.05) is 20.3 Å². The van der Waals surface area contributed by atoms with E-state index in [0.29, 0.717) is 5.92 Å². The third kappa shape index (κ3) is 3.82. The number of nitrogens with zero attached hydrogens (tertiary/aromatic N) is 1. The first-order valence-electron chi connectivity index (χ1n) is 9.17. The Labute approximate surface area is 150 Å². The molecule has 142 valence electrons. The van der Waals surface area contributed by atoms with Gasteiger partial charge in [0, 0.05) is 12.6 Å². The van der Waals surface area contributed by atoms with E-state index in [0.717, 1.165) is 12.8 Å². The molecule has 1 unspecified atom stereocenters. The molecule has 0 radical (unpaired) electrons. The summed E-state index contributed by atoms with van der Waals surface area (Å²) >= 11 is 0. The summed E-state index contributed by atoms with van der Waals surface area (Å²) in [5.41, 5.74) is 0.00203. The Hall–Kier alpha value is -1.59. The molecule has 0 N–H and O–H groups in total. The lowest BCUT2D eigenvalue weighted by molar-refractivity contribution is -0.152. The molecule has 2 aliphatic carbocycles. The van der Waals surface area contributed by atoms with Crippen LogP contribution in [-0.2, 0) is 23.9 Å². The minimum absolute atomic E-state index is 0.0188. The van der Waals surface area contributed by atoms with E-state index < -0.39 is 5.97 Å². The Morgan fingerprint density at radius 1 is 1.16 bits per heavy atom. The maximum atomic E-state index is 12.9. The van der Waals surface area contributed by atoms with E-state index >= 15 is 0 Å². The molecule has 3 atom stereocenters. The van der Waals surface area contributed by atoms with Crippen LogP contribution < -0.4 is 0 Å². The SMILES string of the molecule is CCOC(=O)CC(=O)N(CCC(=O)OC)[C@@H]1C(C)(C)C2CC[C@@]1(C)C2. The highest BCUT2D eigenvalue weighted by molar-refractivity contribution is 5.94. The second-order valence-electron chi connectivity index (χ2n) is 8.21. The van der Waals surface area contributed by atoms with E-state index in [-0.39, 0.29) is 54.7 Å². The number of rotatable bonds is 7. The molecule has 0 aliphatic heterocycles. The fourth-order valence-corrected chi connectivity index (χ4v) is 5.20. The number of esters is 2. The van der Waals surface area contributed by atoms with Crippen molar-refractivity contribution in [1.29, 1.82) is 0 Å². The zero-order valence-corrected chi connectivity index (χ0v) is 16.1. The summed E-state index contributed by atoms with van der Waals surface area (Å²) in [5, 5.41) is 0. The first kappa shape index (κ1) is 19.7. The van der Waals surface area contributed by atoms with E-state index in [9.17, 15) is 14.4 Å². The fourth-order valence-electron chi connectivity index (χ4n) is 5.20. The number of carbonyl (C=O) groups excluding carboxylic acids is 3. The van der Waals surface area contributed by atoms with E-state index in [1.807, 2.05) is 0 Å². The summed E-state index contributed by atoms with van der Waals surface area (Å²) in [6.45, 7) is 8.89. The molecule has 0 aromatic rings. The predicted molar refractivity (Wildman–Crippen MR) is 92.6 cm³/mol. The number of ether oxygens (including phenoxy) is 2. The molecule has 6 heteroatoms. The van der Waals surface area contributed by atoms with Gasteiger partial charge in [-0.3, -0.25) is 14.4 Å². The molecule has 2 aliphatic rings. The van der Waals surface area contributed by atoms with Gasteiger partial charge < -0.3 is 14.4 Å². The largest absolute Gasteiger partial charge is 0.469 e. The van der Waals surface area contributed by atoms with Gasteiger partial charge in [0.25, 0.3) is 0 Å². The first-order valence-corrected chi connectivity index (χ1v) is 9.17. The van der Waals surface area contributed by atoms with Gasteiger partial charge in [-0.05, 0) is 42.9 Å². The first-order chi connectivity index (χ1) is 11.7. The van der Waals surface area contributed by atoms with Crippen LogP contribution in [0.15, 0.2) is 0 Å². The van der Waals surface area contributed by atoms with Crippen molar-refractivity contribution in [3.8, 4) is 0 Å². The fraction of sp³-hybridized carbons (Fsp3) is 0.842. The van der Waals surface area contributed by atoms with Crippen LogP contribution in [0.2, 0.25) is 0 Å². The molecular weight excluding hydrogens is 322 g/mol. The number of amides is 1. The summed E-state index contributed by atoms with van der Waals surface area (Å²) < 4.78 is 9.67. The molecule has 0 heterocycles. The van der Waals surface area contributed by atoms with Crippen molar-refractivity contribution in [2.24, 2.45) is 16.7 Å². The Morgan fingerprint density at radius 3 is 2.36 bits per heavy atom. The molecule has 2 saturated carbocycles. The average Bonchev–Trinajstić information content (AvgIpc) is 3.01. The van der Waals surface area contributed by atoms with Crippen molar-refractivity contribution in [2.45, 2.75) is 65.8 Å². The minimum atomic E-state index is -0.512. The Bertz CT molecular complexity index is 539. The van der Waals surface area contributed by atoms with Gasteiger partial charge in [0.05, 0.1) is 20.1 Å². The Balaban J connectivity index is 2.23. The van der Waals surface area contributed by atoms with Gasteiger partial charge >= 0.3 is 11.9 Å². The van der Waals surface area contributed by atoms with Crippen LogP contribution in [0, 0.1) is 16.7 Å². The van der Waals surface area contributed by atoms with Crippen molar-refractivity contribution >= 4 is 17.8 Å². The summed E-state index contributed by atoms with van der Waals surface area (Å²) in [7, 11) is 1.34. The second kappa shape index (κ2) is 7.34. The van der Waals surface area contributed by atoms with Crippen molar-refractivity contribution in [3.05, 3.63) is 0 Å². The van der Waals surface area contributed by atoms with Crippen LogP contribution >= 0.6 is 0 Å². The third-order valence-electron chi connectivity index (χ3n) is 6.21. The highest BCUT2D eigenvalue weighted by Gasteiger charge is 2.61. The topological polar surface area (TPSA) is 72.9 Å². The molecule has 0 saturated heterocycles. The van der Waals surface area contributed by atoms with Gasteiger partial charge in [-0.2, -0.15) is 0 Å². The number of methoxy groups -OCH3 is 1. The Morgan fingerprint density at radius 2 is 1.84 bits per heavy atom. The van der Waals surface area contributed by atoms with Crippen molar-refractivity contribution in [1.82, 2.24) is 4.90 Å². The highest BCUT2D eigenvalue weighted by Crippen LogP contribution is 2.64.